The van der Waals surface area contributed by atoms with Gasteiger partial charge in [-0.15, -0.1) is 5.11 Å². The first-order valence-electron chi connectivity index (χ1n) is 4.34. The Morgan fingerprint density at radius 3 is 2.40 bits per heavy atom. The highest BCUT2D eigenvalue weighted by Gasteiger charge is 2.06. The van der Waals surface area contributed by atoms with Crippen molar-refractivity contribution in [3.8, 4) is 0 Å². The van der Waals surface area contributed by atoms with Crippen molar-refractivity contribution in [1.29, 1.82) is 0 Å². The summed E-state index contributed by atoms with van der Waals surface area (Å²) >= 11 is 0. The zero-order valence-corrected chi connectivity index (χ0v) is 8.51. The maximum absolute atomic E-state index is 11.0. The number of pyridine rings is 1. The molecule has 0 atom stereocenters. The number of allylic oxidation sites excluding steroid dienone is 2. The fourth-order valence-corrected chi connectivity index (χ4v) is 0.916. The summed E-state index contributed by atoms with van der Waals surface area (Å²) in [6.07, 6.45) is 3.13. The predicted octanol–water partition coefficient (Wildman–Crippen LogP) is 2.54. The Morgan fingerprint density at radius 1 is 1.33 bits per heavy atom. The normalized spacial score (nSPS) is 12.7. The van der Waals surface area contributed by atoms with E-state index in [0.29, 0.717) is 5.69 Å². The quantitative estimate of drug-likeness (QED) is 0.468. The molecule has 1 N–H and O–H groups in total. The highest BCUT2D eigenvalue weighted by Crippen LogP contribution is 2.13. The molecule has 0 aliphatic carbocycles. The van der Waals surface area contributed by atoms with Gasteiger partial charge < -0.3 is 5.11 Å². The molecule has 15 heavy (non-hydrogen) atoms. The molecule has 0 amide bonds. The Kier molecular flexibility index (Phi) is 3.68. The average molecular weight is 205 g/mol. The molecule has 5 heteroatoms. The van der Waals surface area contributed by atoms with Crippen molar-refractivity contribution in [3.05, 3.63) is 36.0 Å². The lowest BCUT2D eigenvalue weighted by molar-refractivity contribution is -0.113. The average Bonchev–Trinajstić information content (AvgIpc) is 2.18. The van der Waals surface area contributed by atoms with Crippen LogP contribution in [0, 0.1) is 0 Å². The van der Waals surface area contributed by atoms with Crippen LogP contribution in [0.2, 0.25) is 0 Å². The zero-order valence-electron chi connectivity index (χ0n) is 8.51. The molecule has 0 radical (unpaired) electrons. The molecule has 1 heterocycles. The van der Waals surface area contributed by atoms with E-state index >= 15 is 0 Å². The first kappa shape index (κ1) is 11.0. The van der Waals surface area contributed by atoms with Gasteiger partial charge in [0.1, 0.15) is 5.76 Å². The minimum absolute atomic E-state index is 0.0354. The fraction of sp³-hybridized carbons (Fsp3) is 0.200. The third-order valence-corrected chi connectivity index (χ3v) is 1.60. The number of hydrogen-bond acceptors (Lipinski definition) is 5. The number of aliphatic hydroxyl groups is 1. The smallest absolute Gasteiger partial charge is 0.183 e. The van der Waals surface area contributed by atoms with Gasteiger partial charge in [-0.05, 0) is 19.1 Å². The highest BCUT2D eigenvalue weighted by atomic mass is 16.3. The summed E-state index contributed by atoms with van der Waals surface area (Å²) in [4.78, 5) is 14.8. The summed E-state index contributed by atoms with van der Waals surface area (Å²) in [5.41, 5.74) is 0.539. The van der Waals surface area contributed by atoms with Crippen LogP contribution in [0.4, 0.5) is 5.69 Å². The standard InChI is InChI=1S/C10H11N3O2/c1-7(14)10(8(2)15)13-12-9-3-5-11-6-4-9/h3-6,14H,1-2H3. The lowest BCUT2D eigenvalue weighted by Gasteiger charge is -1.96. The van der Waals surface area contributed by atoms with Crippen LogP contribution in [0.15, 0.2) is 46.2 Å². The maximum atomic E-state index is 11.0. The molecule has 0 fully saturated rings. The van der Waals surface area contributed by atoms with Gasteiger partial charge in [0.2, 0.25) is 0 Å². The van der Waals surface area contributed by atoms with Crippen molar-refractivity contribution >= 4 is 11.5 Å². The number of azo groups is 1. The first-order chi connectivity index (χ1) is 7.11. The number of nitrogens with zero attached hydrogens (tertiary/aromatic N) is 3. The molecular weight excluding hydrogens is 194 g/mol. The number of aromatic nitrogens is 1. The van der Waals surface area contributed by atoms with E-state index in [0.717, 1.165) is 0 Å². The molecule has 0 unspecified atom stereocenters. The molecule has 5 nitrogen and oxygen atoms in total. The van der Waals surface area contributed by atoms with Crippen molar-refractivity contribution in [2.45, 2.75) is 13.8 Å². The Bertz CT molecular complexity index is 406. The minimum Gasteiger partial charge on any atom is -0.510 e. The summed E-state index contributed by atoms with van der Waals surface area (Å²) in [7, 11) is 0. The van der Waals surface area contributed by atoms with Crippen LogP contribution in [-0.2, 0) is 4.79 Å². The molecule has 0 aromatic carbocycles. The summed E-state index contributed by atoms with van der Waals surface area (Å²) < 4.78 is 0. The SMILES string of the molecule is CC(=O)C(N=Nc1ccncc1)=C(C)O. The molecule has 0 aliphatic heterocycles. The molecule has 1 aromatic heterocycles. The van der Waals surface area contributed by atoms with Gasteiger partial charge in [0.05, 0.1) is 5.69 Å². The van der Waals surface area contributed by atoms with Crippen LogP contribution in [0.3, 0.4) is 0 Å². The van der Waals surface area contributed by atoms with Crippen molar-refractivity contribution in [1.82, 2.24) is 4.98 Å². The number of Topliss-reactive ketones (excluding diaryl/α,β-unsaturated/α-hetero) is 1. The predicted molar refractivity (Wildman–Crippen MR) is 54.8 cm³/mol. The Morgan fingerprint density at radius 2 is 1.93 bits per heavy atom. The van der Waals surface area contributed by atoms with Crippen LogP contribution < -0.4 is 0 Å². The van der Waals surface area contributed by atoms with Crippen molar-refractivity contribution < 1.29 is 9.90 Å². The van der Waals surface area contributed by atoms with E-state index in [1.807, 2.05) is 0 Å². The molecule has 1 aromatic rings. The fourth-order valence-electron chi connectivity index (χ4n) is 0.916. The summed E-state index contributed by atoms with van der Waals surface area (Å²) in [5, 5.41) is 16.6. The molecule has 0 bridgehead atoms. The van der Waals surface area contributed by atoms with E-state index in [1.165, 1.54) is 13.8 Å². The van der Waals surface area contributed by atoms with Gasteiger partial charge in [0, 0.05) is 19.3 Å². The number of ketones is 1. The minimum atomic E-state index is -0.326. The molecule has 0 spiro atoms. The molecule has 1 rings (SSSR count). The maximum Gasteiger partial charge on any atom is 0.183 e. The van der Waals surface area contributed by atoms with Crippen LogP contribution in [0.25, 0.3) is 0 Å². The van der Waals surface area contributed by atoms with E-state index < -0.39 is 0 Å². The lowest BCUT2D eigenvalue weighted by atomic mass is 10.3. The van der Waals surface area contributed by atoms with Gasteiger partial charge in [-0.1, -0.05) is 0 Å². The van der Waals surface area contributed by atoms with E-state index in [-0.39, 0.29) is 17.2 Å². The first-order valence-corrected chi connectivity index (χ1v) is 4.34. The van der Waals surface area contributed by atoms with Crippen LogP contribution >= 0.6 is 0 Å². The second kappa shape index (κ2) is 4.99. The second-order valence-corrected chi connectivity index (χ2v) is 2.90. The largest absolute Gasteiger partial charge is 0.510 e. The van der Waals surface area contributed by atoms with Crippen LogP contribution in [0.1, 0.15) is 13.8 Å². The van der Waals surface area contributed by atoms with Crippen molar-refractivity contribution in [3.63, 3.8) is 0 Å². The van der Waals surface area contributed by atoms with Crippen molar-refractivity contribution in [2.75, 3.05) is 0 Å². The third kappa shape index (κ3) is 3.30. The van der Waals surface area contributed by atoms with Gasteiger partial charge in [0.15, 0.2) is 11.5 Å². The van der Waals surface area contributed by atoms with E-state index in [1.54, 1.807) is 24.5 Å². The number of aliphatic hydroxyl groups excluding tert-OH is 1. The molecular formula is C10H11N3O2. The third-order valence-electron chi connectivity index (χ3n) is 1.60. The monoisotopic (exact) mass is 205 g/mol. The Balaban J connectivity index is 2.90. The van der Waals surface area contributed by atoms with E-state index in [2.05, 4.69) is 15.2 Å². The summed E-state index contributed by atoms with van der Waals surface area (Å²) in [6, 6.07) is 3.29. The summed E-state index contributed by atoms with van der Waals surface area (Å²) in [6.45, 7) is 2.71. The van der Waals surface area contributed by atoms with E-state index in [9.17, 15) is 4.79 Å². The number of rotatable bonds is 3. The van der Waals surface area contributed by atoms with Crippen LogP contribution in [-0.4, -0.2) is 15.9 Å². The lowest BCUT2D eigenvalue weighted by Crippen LogP contribution is -1.96. The molecule has 0 saturated carbocycles. The van der Waals surface area contributed by atoms with Crippen LogP contribution in [0.5, 0.6) is 0 Å². The Labute approximate surface area is 87.2 Å². The van der Waals surface area contributed by atoms with Gasteiger partial charge in [0.25, 0.3) is 0 Å². The number of hydrogen-bond donors (Lipinski definition) is 1. The topological polar surface area (TPSA) is 74.9 Å². The van der Waals surface area contributed by atoms with Gasteiger partial charge in [-0.2, -0.15) is 5.11 Å². The molecule has 78 valence electrons. The van der Waals surface area contributed by atoms with Gasteiger partial charge >= 0.3 is 0 Å². The highest BCUT2D eigenvalue weighted by molar-refractivity contribution is 5.93. The second-order valence-electron chi connectivity index (χ2n) is 2.90. The Hall–Kier alpha value is -2.04. The van der Waals surface area contributed by atoms with Crippen molar-refractivity contribution in [2.24, 2.45) is 10.2 Å². The molecule has 0 aliphatic rings. The van der Waals surface area contributed by atoms with E-state index in [4.69, 9.17) is 5.11 Å². The van der Waals surface area contributed by atoms with Gasteiger partial charge in [-0.3, -0.25) is 9.78 Å². The number of carbonyl (C=O) groups excluding carboxylic acids is 1. The van der Waals surface area contributed by atoms with Gasteiger partial charge in [-0.25, -0.2) is 0 Å². The number of carbonyl (C=O) groups is 1. The summed E-state index contributed by atoms with van der Waals surface area (Å²) in [5.74, 6) is -0.465. The molecule has 0 saturated heterocycles. The zero-order chi connectivity index (χ0) is 11.3.